The Kier molecular flexibility index (Phi) is 6.06. The van der Waals surface area contributed by atoms with E-state index < -0.39 is 0 Å². The Balaban J connectivity index is 0.000000686. The molecule has 1 aromatic rings. The Bertz CT molecular complexity index is 324. The fourth-order valence-electron chi connectivity index (χ4n) is 2.35. The maximum absolute atomic E-state index is 5.67. The van der Waals surface area contributed by atoms with Crippen LogP contribution >= 0.6 is 0 Å². The van der Waals surface area contributed by atoms with E-state index in [9.17, 15) is 0 Å². The van der Waals surface area contributed by atoms with Gasteiger partial charge in [-0.2, -0.15) is 0 Å². The number of hydrogen-bond acceptors (Lipinski definition) is 2. The van der Waals surface area contributed by atoms with Gasteiger partial charge in [0, 0.05) is 11.6 Å². The molecule has 0 bridgehead atoms. The van der Waals surface area contributed by atoms with Crippen LogP contribution in [0.2, 0.25) is 0 Å². The summed E-state index contributed by atoms with van der Waals surface area (Å²) >= 11 is 0. The molecule has 0 aromatic heterocycles. The fourth-order valence-corrected chi connectivity index (χ4v) is 2.35. The predicted molar refractivity (Wildman–Crippen MR) is 73.6 cm³/mol. The van der Waals surface area contributed by atoms with Crippen molar-refractivity contribution in [3.05, 3.63) is 29.8 Å². The van der Waals surface area contributed by atoms with Gasteiger partial charge in [-0.1, -0.05) is 32.0 Å². The molecule has 1 aliphatic heterocycles. The minimum atomic E-state index is 0.549. The molecule has 0 N–H and O–H groups in total. The van der Waals surface area contributed by atoms with Gasteiger partial charge < -0.3 is 4.74 Å². The van der Waals surface area contributed by atoms with Gasteiger partial charge in [-0.05, 0) is 39.4 Å². The van der Waals surface area contributed by atoms with Crippen molar-refractivity contribution in [2.24, 2.45) is 0 Å². The van der Waals surface area contributed by atoms with Crippen LogP contribution in [0.5, 0.6) is 5.75 Å². The van der Waals surface area contributed by atoms with Gasteiger partial charge in [0.1, 0.15) is 5.75 Å². The third-order valence-corrected chi connectivity index (χ3v) is 3.10. The largest absolute Gasteiger partial charge is 0.494 e. The number of benzene rings is 1. The van der Waals surface area contributed by atoms with Crippen LogP contribution < -0.4 is 4.74 Å². The molecule has 1 heterocycles. The van der Waals surface area contributed by atoms with Gasteiger partial charge in [0.25, 0.3) is 0 Å². The molecule has 0 radical (unpaired) electrons. The Morgan fingerprint density at radius 2 is 2.00 bits per heavy atom. The van der Waals surface area contributed by atoms with Gasteiger partial charge in [-0.3, -0.25) is 4.90 Å². The van der Waals surface area contributed by atoms with Crippen LogP contribution in [-0.2, 0) is 0 Å². The molecule has 17 heavy (non-hydrogen) atoms. The summed E-state index contributed by atoms with van der Waals surface area (Å²) in [6.07, 6.45) is 2.54. The molecule has 1 aliphatic rings. The molecule has 0 aliphatic carbocycles. The molecular weight excluding hydrogens is 210 g/mol. The number of ether oxygens (including phenoxy) is 1. The van der Waals surface area contributed by atoms with Crippen molar-refractivity contribution >= 4 is 0 Å². The average molecular weight is 235 g/mol. The second-order valence-electron chi connectivity index (χ2n) is 4.11. The molecule has 2 heteroatoms. The molecule has 0 saturated carbocycles. The van der Waals surface area contributed by atoms with Gasteiger partial charge in [0.2, 0.25) is 0 Å². The molecule has 1 atom stereocenters. The van der Waals surface area contributed by atoms with E-state index in [2.05, 4.69) is 30.1 Å². The van der Waals surface area contributed by atoms with Crippen molar-refractivity contribution in [2.75, 3.05) is 20.2 Å². The summed E-state index contributed by atoms with van der Waals surface area (Å²) in [5, 5.41) is 0. The second kappa shape index (κ2) is 7.33. The first-order valence-corrected chi connectivity index (χ1v) is 6.75. The lowest BCUT2D eigenvalue weighted by atomic mass is 10.0. The van der Waals surface area contributed by atoms with Gasteiger partial charge in [-0.15, -0.1) is 0 Å². The zero-order valence-corrected chi connectivity index (χ0v) is 11.6. The molecule has 1 aromatic carbocycles. The van der Waals surface area contributed by atoms with Gasteiger partial charge in [0.05, 0.1) is 6.61 Å². The first-order chi connectivity index (χ1) is 8.33. The highest BCUT2D eigenvalue weighted by molar-refractivity contribution is 5.36. The Morgan fingerprint density at radius 3 is 2.59 bits per heavy atom. The summed E-state index contributed by atoms with van der Waals surface area (Å²) in [5.74, 6) is 1.05. The zero-order valence-electron chi connectivity index (χ0n) is 11.6. The van der Waals surface area contributed by atoms with Crippen molar-refractivity contribution < 1.29 is 4.74 Å². The van der Waals surface area contributed by atoms with Crippen LogP contribution in [0.4, 0.5) is 0 Å². The van der Waals surface area contributed by atoms with Crippen molar-refractivity contribution in [2.45, 2.75) is 39.7 Å². The number of likely N-dealkylation sites (tertiary alicyclic amines) is 1. The number of para-hydroxylation sites is 1. The topological polar surface area (TPSA) is 12.5 Å². The molecule has 2 nitrogen and oxygen atoms in total. The second-order valence-corrected chi connectivity index (χ2v) is 4.11. The summed E-state index contributed by atoms with van der Waals surface area (Å²) in [6.45, 7) is 7.98. The first-order valence-electron chi connectivity index (χ1n) is 6.75. The van der Waals surface area contributed by atoms with Crippen LogP contribution in [0, 0.1) is 0 Å². The summed E-state index contributed by atoms with van der Waals surface area (Å²) in [6, 6.07) is 8.96. The number of rotatable bonds is 3. The third-order valence-electron chi connectivity index (χ3n) is 3.10. The normalized spacial score (nSPS) is 19.6. The molecule has 1 fully saturated rings. The maximum Gasteiger partial charge on any atom is 0.124 e. The summed E-state index contributed by atoms with van der Waals surface area (Å²) in [4.78, 5) is 2.41. The highest BCUT2D eigenvalue weighted by Gasteiger charge is 2.24. The van der Waals surface area contributed by atoms with Crippen molar-refractivity contribution in [1.29, 1.82) is 0 Å². The van der Waals surface area contributed by atoms with Gasteiger partial charge in [-0.25, -0.2) is 0 Å². The van der Waals surface area contributed by atoms with Gasteiger partial charge in [0.15, 0.2) is 0 Å². The van der Waals surface area contributed by atoms with Crippen molar-refractivity contribution in [3.63, 3.8) is 0 Å². The third kappa shape index (κ3) is 3.47. The lowest BCUT2D eigenvalue weighted by molar-refractivity contribution is 0.292. The fraction of sp³-hybridized carbons (Fsp3) is 0.600. The quantitative estimate of drug-likeness (QED) is 0.788. The molecule has 0 amide bonds. The van der Waals surface area contributed by atoms with Gasteiger partial charge >= 0.3 is 0 Å². The Morgan fingerprint density at radius 1 is 1.29 bits per heavy atom. The minimum Gasteiger partial charge on any atom is -0.494 e. The lowest BCUT2D eigenvalue weighted by Crippen LogP contribution is -2.18. The minimum absolute atomic E-state index is 0.549. The van der Waals surface area contributed by atoms with Crippen LogP contribution in [0.25, 0.3) is 0 Å². The highest BCUT2D eigenvalue weighted by atomic mass is 16.5. The molecule has 96 valence electrons. The molecular formula is C15H25NO. The van der Waals surface area contributed by atoms with E-state index in [1.54, 1.807) is 0 Å². The van der Waals surface area contributed by atoms with Crippen LogP contribution in [-0.4, -0.2) is 25.1 Å². The molecule has 2 rings (SSSR count). The molecule has 1 saturated heterocycles. The SMILES string of the molecule is CC.CCOc1ccccc1C1CCCN1C. The zero-order chi connectivity index (χ0) is 12.7. The highest BCUT2D eigenvalue weighted by Crippen LogP contribution is 2.35. The van der Waals surface area contributed by atoms with E-state index in [-0.39, 0.29) is 0 Å². The van der Waals surface area contributed by atoms with Crippen LogP contribution in [0.3, 0.4) is 0 Å². The average Bonchev–Trinajstić information content (AvgIpc) is 2.79. The van der Waals surface area contributed by atoms with Crippen molar-refractivity contribution in [3.8, 4) is 5.75 Å². The Labute approximate surface area is 106 Å². The number of hydrogen-bond donors (Lipinski definition) is 0. The van der Waals surface area contributed by atoms with E-state index in [1.165, 1.54) is 24.9 Å². The standard InChI is InChI=1S/C13H19NO.C2H6/c1-3-15-13-9-5-4-7-11(13)12-8-6-10-14(12)2;1-2/h4-5,7,9,12H,3,6,8,10H2,1-2H3;1-2H3. The van der Waals surface area contributed by atoms with Crippen molar-refractivity contribution in [1.82, 2.24) is 4.90 Å². The molecule has 0 spiro atoms. The maximum atomic E-state index is 5.67. The Hall–Kier alpha value is -1.02. The van der Waals surface area contributed by atoms with Crippen LogP contribution in [0.15, 0.2) is 24.3 Å². The first kappa shape index (κ1) is 14.0. The smallest absolute Gasteiger partial charge is 0.124 e. The van der Waals surface area contributed by atoms with E-state index in [0.29, 0.717) is 6.04 Å². The summed E-state index contributed by atoms with van der Waals surface area (Å²) in [7, 11) is 2.19. The summed E-state index contributed by atoms with van der Waals surface area (Å²) < 4.78 is 5.67. The van der Waals surface area contributed by atoms with E-state index in [0.717, 1.165) is 12.4 Å². The monoisotopic (exact) mass is 235 g/mol. The number of nitrogens with zero attached hydrogens (tertiary/aromatic N) is 1. The van der Waals surface area contributed by atoms with E-state index >= 15 is 0 Å². The summed E-state index contributed by atoms with van der Waals surface area (Å²) in [5.41, 5.74) is 1.35. The predicted octanol–water partition coefficient (Wildman–Crippen LogP) is 3.88. The molecule has 1 unspecified atom stereocenters. The van der Waals surface area contributed by atoms with Crippen LogP contribution in [0.1, 0.15) is 45.2 Å². The van der Waals surface area contributed by atoms with E-state index in [4.69, 9.17) is 4.74 Å². The lowest BCUT2D eigenvalue weighted by Gasteiger charge is -2.22. The van der Waals surface area contributed by atoms with E-state index in [1.807, 2.05) is 26.8 Å².